The number of benzene rings is 1. The van der Waals surface area contributed by atoms with E-state index in [1.807, 2.05) is 17.5 Å². The number of halogens is 1. The minimum atomic E-state index is 0. The fraction of sp³-hybridized carbons (Fsp3) is 0.545. The van der Waals surface area contributed by atoms with Gasteiger partial charge in [-0.25, -0.2) is 4.98 Å². The van der Waals surface area contributed by atoms with Gasteiger partial charge in [-0.1, -0.05) is 37.3 Å². The summed E-state index contributed by atoms with van der Waals surface area (Å²) in [5.41, 5.74) is 1.36. The Kier molecular flexibility index (Phi) is 10.9. The van der Waals surface area contributed by atoms with Crippen LogP contribution in [0.15, 0.2) is 41.5 Å². The minimum Gasteiger partial charge on any atom is -0.357 e. The maximum absolute atomic E-state index is 4.92. The number of hydrogen-bond acceptors (Lipinski definition) is 4. The van der Waals surface area contributed by atoms with Crippen LogP contribution < -0.4 is 10.6 Å². The number of aryl methyl sites for hydroxylation is 1. The maximum Gasteiger partial charge on any atom is 0.191 e. The van der Waals surface area contributed by atoms with Crippen LogP contribution in [0.3, 0.4) is 0 Å². The van der Waals surface area contributed by atoms with E-state index in [1.54, 1.807) is 0 Å². The molecule has 2 heterocycles. The third-order valence-corrected chi connectivity index (χ3v) is 6.31. The van der Waals surface area contributed by atoms with E-state index in [4.69, 9.17) is 4.99 Å². The average molecular weight is 528 g/mol. The lowest BCUT2D eigenvalue weighted by atomic mass is 10.1. The number of hydrogen-bond donors (Lipinski definition) is 2. The summed E-state index contributed by atoms with van der Waals surface area (Å²) in [5, 5.41) is 8.06. The number of nitrogens with zero attached hydrogens (tertiary/aromatic N) is 3. The number of nitrogens with one attached hydrogen (secondary N) is 2. The summed E-state index contributed by atoms with van der Waals surface area (Å²) < 4.78 is 0. The first-order chi connectivity index (χ1) is 13.8. The molecule has 1 aliphatic heterocycles. The minimum absolute atomic E-state index is 0. The van der Waals surface area contributed by atoms with Gasteiger partial charge in [0.15, 0.2) is 5.96 Å². The van der Waals surface area contributed by atoms with Gasteiger partial charge >= 0.3 is 0 Å². The number of thiazole rings is 1. The Morgan fingerprint density at radius 3 is 2.59 bits per heavy atom. The number of aliphatic imine (C=N–C) groups is 1. The molecule has 1 atom stereocenters. The zero-order valence-corrected chi connectivity index (χ0v) is 20.7. The fourth-order valence-electron chi connectivity index (χ4n) is 3.59. The van der Waals surface area contributed by atoms with Gasteiger partial charge in [-0.05, 0) is 44.8 Å². The molecular weight excluding hydrogens is 493 g/mol. The maximum atomic E-state index is 4.92. The van der Waals surface area contributed by atoms with E-state index in [9.17, 15) is 0 Å². The van der Waals surface area contributed by atoms with Crippen molar-refractivity contribution >= 4 is 41.3 Å². The lowest BCUT2D eigenvalue weighted by Crippen LogP contribution is -2.39. The molecule has 0 spiro atoms. The number of rotatable bonds is 9. The second-order valence-electron chi connectivity index (χ2n) is 7.14. The van der Waals surface area contributed by atoms with E-state index in [0.29, 0.717) is 6.04 Å². The molecule has 1 fully saturated rings. The van der Waals surface area contributed by atoms with Gasteiger partial charge in [0.1, 0.15) is 0 Å². The van der Waals surface area contributed by atoms with Gasteiger partial charge in [0, 0.05) is 30.6 Å². The molecule has 0 bridgehead atoms. The second kappa shape index (κ2) is 13.2. The van der Waals surface area contributed by atoms with Gasteiger partial charge in [-0.2, -0.15) is 0 Å². The van der Waals surface area contributed by atoms with Crippen molar-refractivity contribution in [2.75, 3.05) is 32.7 Å². The highest BCUT2D eigenvalue weighted by molar-refractivity contribution is 14.0. The standard InChI is InChI=1S/C22H33N5S.HI/c1-3-19-16-25-21(28-19)12-13-24-22(23-4-2)26-17-20(27-14-8-9-15-27)18-10-6-5-7-11-18;/h5-7,10-11,16,20H,3-4,8-9,12-15,17H2,1-2H3,(H2,23,24,26);1H. The summed E-state index contributed by atoms with van der Waals surface area (Å²) in [7, 11) is 0. The molecule has 0 radical (unpaired) electrons. The van der Waals surface area contributed by atoms with Crippen LogP contribution in [0.4, 0.5) is 0 Å². The molecule has 1 saturated heterocycles. The van der Waals surface area contributed by atoms with Gasteiger partial charge in [0.2, 0.25) is 0 Å². The van der Waals surface area contributed by atoms with Crippen molar-refractivity contribution in [1.82, 2.24) is 20.5 Å². The van der Waals surface area contributed by atoms with Crippen LogP contribution in [-0.2, 0) is 12.8 Å². The smallest absolute Gasteiger partial charge is 0.191 e. The van der Waals surface area contributed by atoms with Crippen molar-refractivity contribution in [2.24, 2.45) is 4.99 Å². The third-order valence-electron chi connectivity index (χ3n) is 5.11. The van der Waals surface area contributed by atoms with Crippen molar-refractivity contribution in [1.29, 1.82) is 0 Å². The van der Waals surface area contributed by atoms with Crippen LogP contribution >= 0.6 is 35.3 Å². The van der Waals surface area contributed by atoms with Gasteiger partial charge in [0.05, 0.1) is 17.6 Å². The first kappa shape index (κ1) is 24.1. The average Bonchev–Trinajstić information content (AvgIpc) is 3.41. The van der Waals surface area contributed by atoms with Gasteiger partial charge in [0.25, 0.3) is 0 Å². The van der Waals surface area contributed by atoms with Crippen LogP contribution in [0, 0.1) is 0 Å². The fourth-order valence-corrected chi connectivity index (χ4v) is 4.46. The Labute approximate surface area is 196 Å². The van der Waals surface area contributed by atoms with Crippen molar-refractivity contribution in [3.05, 3.63) is 52.0 Å². The van der Waals surface area contributed by atoms with Crippen LogP contribution in [0.25, 0.3) is 0 Å². The SMILES string of the molecule is CCNC(=NCC(c1ccccc1)N1CCCC1)NCCc1ncc(CC)s1.I. The Bertz CT molecular complexity index is 728. The zero-order valence-electron chi connectivity index (χ0n) is 17.6. The highest BCUT2D eigenvalue weighted by Crippen LogP contribution is 2.25. The van der Waals surface area contributed by atoms with E-state index in [1.165, 1.54) is 41.4 Å². The molecule has 1 aliphatic rings. The summed E-state index contributed by atoms with van der Waals surface area (Å²) >= 11 is 1.81. The molecule has 5 nitrogen and oxygen atoms in total. The van der Waals surface area contributed by atoms with Crippen molar-refractivity contribution in [3.63, 3.8) is 0 Å². The molecule has 29 heavy (non-hydrogen) atoms. The molecule has 1 aromatic carbocycles. The molecule has 0 amide bonds. The monoisotopic (exact) mass is 527 g/mol. The van der Waals surface area contributed by atoms with Gasteiger partial charge in [-0.15, -0.1) is 35.3 Å². The molecule has 7 heteroatoms. The second-order valence-corrected chi connectivity index (χ2v) is 8.34. The third kappa shape index (κ3) is 7.53. The van der Waals surface area contributed by atoms with Crippen LogP contribution in [0.1, 0.15) is 48.2 Å². The predicted octanol–water partition coefficient (Wildman–Crippen LogP) is 4.26. The summed E-state index contributed by atoms with van der Waals surface area (Å²) in [6.45, 7) is 9.11. The van der Waals surface area contributed by atoms with Crippen LogP contribution in [0.2, 0.25) is 0 Å². The predicted molar refractivity (Wildman–Crippen MR) is 135 cm³/mol. The first-order valence-corrected chi connectivity index (χ1v) is 11.4. The summed E-state index contributed by atoms with van der Waals surface area (Å²) in [4.78, 5) is 13.4. The summed E-state index contributed by atoms with van der Waals surface area (Å²) in [6.07, 6.45) is 6.58. The van der Waals surface area contributed by atoms with E-state index in [-0.39, 0.29) is 24.0 Å². The first-order valence-electron chi connectivity index (χ1n) is 10.5. The largest absolute Gasteiger partial charge is 0.357 e. The van der Waals surface area contributed by atoms with Crippen molar-refractivity contribution in [3.8, 4) is 0 Å². The molecule has 160 valence electrons. The zero-order chi connectivity index (χ0) is 19.6. The Hall–Kier alpha value is -1.19. The number of guanidine groups is 1. The Morgan fingerprint density at radius 1 is 1.17 bits per heavy atom. The molecule has 2 aromatic rings. The highest BCUT2D eigenvalue weighted by Gasteiger charge is 2.23. The topological polar surface area (TPSA) is 52.6 Å². The number of aromatic nitrogens is 1. The van der Waals surface area contributed by atoms with Crippen LogP contribution in [-0.4, -0.2) is 48.6 Å². The molecule has 1 unspecified atom stereocenters. The van der Waals surface area contributed by atoms with E-state index < -0.39 is 0 Å². The number of likely N-dealkylation sites (tertiary alicyclic amines) is 1. The molecular formula is C22H34IN5S. The van der Waals surface area contributed by atoms with Crippen LogP contribution in [0.5, 0.6) is 0 Å². The molecule has 1 aromatic heterocycles. The van der Waals surface area contributed by atoms with Crippen molar-refractivity contribution < 1.29 is 0 Å². The van der Waals surface area contributed by atoms with Gasteiger partial charge < -0.3 is 10.6 Å². The Morgan fingerprint density at radius 2 is 1.93 bits per heavy atom. The molecule has 0 saturated carbocycles. The van der Waals surface area contributed by atoms with E-state index in [0.717, 1.165) is 38.4 Å². The lowest BCUT2D eigenvalue weighted by molar-refractivity contribution is 0.251. The summed E-state index contributed by atoms with van der Waals surface area (Å²) in [5.74, 6) is 0.898. The summed E-state index contributed by atoms with van der Waals surface area (Å²) in [6, 6.07) is 11.2. The molecule has 3 rings (SSSR count). The molecule has 0 aliphatic carbocycles. The lowest BCUT2D eigenvalue weighted by Gasteiger charge is -2.27. The molecule has 2 N–H and O–H groups in total. The quantitative estimate of drug-likeness (QED) is 0.291. The normalized spacial score (nSPS) is 15.7. The van der Waals surface area contributed by atoms with Gasteiger partial charge in [-0.3, -0.25) is 9.89 Å². The van der Waals surface area contributed by atoms with Crippen molar-refractivity contribution in [2.45, 2.75) is 45.6 Å². The van der Waals surface area contributed by atoms with E-state index >= 15 is 0 Å². The highest BCUT2D eigenvalue weighted by atomic mass is 127. The Balaban J connectivity index is 0.00000300. The van der Waals surface area contributed by atoms with E-state index in [2.05, 4.69) is 64.7 Å².